The first-order valence-electron chi connectivity index (χ1n) is 9.11. The molecular weight excluding hydrogens is 434 g/mol. The summed E-state index contributed by atoms with van der Waals surface area (Å²) in [4.78, 5) is 9.74. The average Bonchev–Trinajstić information content (AvgIpc) is 2.69. The number of hydrogen-bond acceptors (Lipinski definition) is 7. The molecule has 10 nitrogen and oxygen atoms in total. The summed E-state index contributed by atoms with van der Waals surface area (Å²) in [5.41, 5.74) is -0.738. The molecule has 0 aliphatic rings. The molecule has 2 aromatic rings. The molecule has 0 aromatic heterocycles. The highest BCUT2D eigenvalue weighted by Gasteiger charge is 2.28. The minimum absolute atomic E-state index is 0.0955. The molecule has 12 heteroatoms. The molecule has 2 aromatic carbocycles. The monoisotopic (exact) mass is 457 g/mol. The molecule has 0 aliphatic carbocycles. The second kappa shape index (κ2) is 9.41. The van der Waals surface area contributed by atoms with Gasteiger partial charge in [-0.15, -0.1) is 0 Å². The van der Waals surface area contributed by atoms with Gasteiger partial charge in [0.05, 0.1) is 22.1 Å². The summed E-state index contributed by atoms with van der Waals surface area (Å²) >= 11 is 0. The third-order valence-electron chi connectivity index (χ3n) is 4.19. The predicted molar refractivity (Wildman–Crippen MR) is 112 cm³/mol. The molecular formula is C18H23N3O7S2. The Kier molecular flexibility index (Phi) is 7.39. The lowest BCUT2D eigenvalue weighted by Gasteiger charge is -2.20. The second-order valence-electron chi connectivity index (χ2n) is 6.01. The van der Waals surface area contributed by atoms with Crippen molar-refractivity contribution in [1.29, 1.82) is 0 Å². The van der Waals surface area contributed by atoms with E-state index in [2.05, 4.69) is 4.72 Å². The van der Waals surface area contributed by atoms with E-state index in [0.29, 0.717) is 0 Å². The van der Waals surface area contributed by atoms with Crippen molar-refractivity contribution in [2.75, 3.05) is 24.4 Å². The molecule has 0 heterocycles. The number of benzene rings is 2. The van der Waals surface area contributed by atoms with Gasteiger partial charge in [-0.2, -0.15) is 4.31 Å². The molecule has 0 unspecified atom stereocenters. The topological polar surface area (TPSA) is 136 Å². The van der Waals surface area contributed by atoms with E-state index in [4.69, 9.17) is 4.74 Å². The van der Waals surface area contributed by atoms with Crippen LogP contribution in [0.1, 0.15) is 20.8 Å². The molecule has 0 atom stereocenters. The lowest BCUT2D eigenvalue weighted by atomic mass is 10.3. The van der Waals surface area contributed by atoms with Crippen molar-refractivity contribution in [2.24, 2.45) is 0 Å². The van der Waals surface area contributed by atoms with Gasteiger partial charge in [0.25, 0.3) is 15.7 Å². The number of nitrogens with zero attached hydrogens (tertiary/aromatic N) is 2. The second-order valence-corrected chi connectivity index (χ2v) is 9.60. The zero-order valence-corrected chi connectivity index (χ0v) is 18.4. The van der Waals surface area contributed by atoms with E-state index in [1.165, 1.54) is 28.6 Å². The number of hydrogen-bond donors (Lipinski definition) is 1. The Bertz CT molecular complexity index is 1130. The lowest BCUT2D eigenvalue weighted by molar-refractivity contribution is -0.387. The van der Waals surface area contributed by atoms with E-state index in [1.807, 2.05) is 0 Å². The average molecular weight is 458 g/mol. The Labute approximate surface area is 175 Å². The molecule has 0 radical (unpaired) electrons. The quantitative estimate of drug-likeness (QED) is 0.428. The Morgan fingerprint density at radius 2 is 1.67 bits per heavy atom. The van der Waals surface area contributed by atoms with Gasteiger partial charge in [-0.1, -0.05) is 26.0 Å². The van der Waals surface area contributed by atoms with Crippen molar-refractivity contribution in [2.45, 2.75) is 30.6 Å². The fraction of sp³-hybridized carbons (Fsp3) is 0.333. The van der Waals surface area contributed by atoms with E-state index < -0.39 is 35.6 Å². The zero-order chi connectivity index (χ0) is 22.5. The maximum absolute atomic E-state index is 12.9. The third-order valence-corrected chi connectivity index (χ3v) is 7.65. The summed E-state index contributed by atoms with van der Waals surface area (Å²) in [6.45, 7) is 5.73. The molecule has 30 heavy (non-hydrogen) atoms. The van der Waals surface area contributed by atoms with E-state index in [0.717, 1.165) is 18.2 Å². The van der Waals surface area contributed by atoms with Crippen LogP contribution in [-0.4, -0.2) is 45.8 Å². The zero-order valence-electron chi connectivity index (χ0n) is 16.7. The van der Waals surface area contributed by atoms with Gasteiger partial charge in [0.2, 0.25) is 10.0 Å². The van der Waals surface area contributed by atoms with Crippen molar-refractivity contribution in [3.05, 3.63) is 52.6 Å². The normalized spacial score (nSPS) is 12.0. The van der Waals surface area contributed by atoms with E-state index in [-0.39, 0.29) is 36.0 Å². The highest BCUT2D eigenvalue weighted by molar-refractivity contribution is 7.93. The van der Waals surface area contributed by atoms with Crippen LogP contribution in [0.5, 0.6) is 5.75 Å². The Hall–Kier alpha value is -2.70. The van der Waals surface area contributed by atoms with Crippen molar-refractivity contribution >= 4 is 31.4 Å². The predicted octanol–water partition coefficient (Wildman–Crippen LogP) is 2.82. The largest absolute Gasteiger partial charge is 0.492 e. The smallest absolute Gasteiger partial charge is 0.289 e. The molecule has 0 aliphatic heterocycles. The van der Waals surface area contributed by atoms with Crippen LogP contribution < -0.4 is 9.46 Å². The summed E-state index contributed by atoms with van der Waals surface area (Å²) in [5.74, 6) is 0.0955. The van der Waals surface area contributed by atoms with E-state index in [9.17, 15) is 26.9 Å². The van der Waals surface area contributed by atoms with Gasteiger partial charge in [-0.25, -0.2) is 16.8 Å². The first kappa shape index (κ1) is 23.6. The molecule has 0 fully saturated rings. The SMILES string of the molecule is CCOc1ccc(S(=O)(=O)N(CC)CC)cc1NS(=O)(=O)c1ccccc1[N+](=O)[O-]. The first-order valence-corrected chi connectivity index (χ1v) is 12.0. The number of anilines is 1. The first-order chi connectivity index (χ1) is 14.1. The van der Waals surface area contributed by atoms with E-state index >= 15 is 0 Å². The van der Waals surface area contributed by atoms with Crippen LogP contribution in [0.2, 0.25) is 0 Å². The number of ether oxygens (including phenoxy) is 1. The van der Waals surface area contributed by atoms with Gasteiger partial charge >= 0.3 is 0 Å². The molecule has 0 bridgehead atoms. The van der Waals surface area contributed by atoms with Gasteiger partial charge in [0.15, 0.2) is 4.90 Å². The fourth-order valence-corrected chi connectivity index (χ4v) is 5.50. The summed E-state index contributed by atoms with van der Waals surface area (Å²) < 4.78 is 60.2. The van der Waals surface area contributed by atoms with Crippen LogP contribution in [0.3, 0.4) is 0 Å². The van der Waals surface area contributed by atoms with Crippen molar-refractivity contribution in [3.63, 3.8) is 0 Å². The number of sulfonamides is 2. The number of nitro benzene ring substituents is 1. The van der Waals surface area contributed by atoms with Gasteiger partial charge in [0, 0.05) is 19.2 Å². The molecule has 0 amide bonds. The van der Waals surface area contributed by atoms with Gasteiger partial charge in [-0.05, 0) is 31.2 Å². The standard InChI is InChI=1S/C18H23N3O7S2/c1-4-20(5-2)30(26,27)14-11-12-17(28-6-3)15(13-14)19-29(24,25)18-10-8-7-9-16(18)21(22)23/h7-13,19H,4-6H2,1-3H3. The Morgan fingerprint density at radius 1 is 1.03 bits per heavy atom. The molecule has 164 valence electrons. The van der Waals surface area contributed by atoms with Crippen LogP contribution in [0, 0.1) is 10.1 Å². The van der Waals surface area contributed by atoms with Crippen molar-refractivity contribution in [3.8, 4) is 5.75 Å². The fourth-order valence-electron chi connectivity index (χ4n) is 2.78. The Morgan fingerprint density at radius 3 is 2.23 bits per heavy atom. The summed E-state index contributed by atoms with van der Waals surface area (Å²) in [6, 6.07) is 8.67. The molecule has 1 N–H and O–H groups in total. The summed E-state index contributed by atoms with van der Waals surface area (Å²) in [5, 5.41) is 11.2. The maximum atomic E-state index is 12.9. The van der Waals surface area contributed by atoms with Crippen LogP contribution in [0.4, 0.5) is 11.4 Å². The number of nitrogens with one attached hydrogen (secondary N) is 1. The number of rotatable bonds is 10. The number of para-hydroxylation sites is 1. The summed E-state index contributed by atoms with van der Waals surface area (Å²) in [7, 11) is -8.27. The van der Waals surface area contributed by atoms with Crippen LogP contribution in [0.15, 0.2) is 52.3 Å². The van der Waals surface area contributed by atoms with Crippen LogP contribution in [0.25, 0.3) is 0 Å². The highest BCUT2D eigenvalue weighted by Crippen LogP contribution is 2.32. The summed E-state index contributed by atoms with van der Waals surface area (Å²) in [6.07, 6.45) is 0. The van der Waals surface area contributed by atoms with Crippen molar-refractivity contribution in [1.82, 2.24) is 4.31 Å². The minimum Gasteiger partial charge on any atom is -0.492 e. The molecule has 0 spiro atoms. The molecule has 0 saturated heterocycles. The van der Waals surface area contributed by atoms with Crippen LogP contribution >= 0.6 is 0 Å². The highest BCUT2D eigenvalue weighted by atomic mass is 32.2. The Balaban J connectivity index is 2.59. The minimum atomic E-state index is -4.40. The third kappa shape index (κ3) is 4.89. The van der Waals surface area contributed by atoms with Gasteiger partial charge in [0.1, 0.15) is 5.75 Å². The molecule has 0 saturated carbocycles. The van der Waals surface area contributed by atoms with Crippen LogP contribution in [-0.2, 0) is 20.0 Å². The number of nitro groups is 1. The lowest BCUT2D eigenvalue weighted by Crippen LogP contribution is -2.30. The van der Waals surface area contributed by atoms with E-state index in [1.54, 1.807) is 20.8 Å². The van der Waals surface area contributed by atoms with Gasteiger partial charge < -0.3 is 4.74 Å². The molecule has 2 rings (SSSR count). The maximum Gasteiger partial charge on any atom is 0.289 e. The van der Waals surface area contributed by atoms with Crippen molar-refractivity contribution < 1.29 is 26.5 Å². The van der Waals surface area contributed by atoms with Gasteiger partial charge in [-0.3, -0.25) is 14.8 Å².